The molecule has 0 spiro atoms. The van der Waals surface area contributed by atoms with E-state index in [-0.39, 0.29) is 8.95 Å². The van der Waals surface area contributed by atoms with Crippen LogP contribution in [0.2, 0.25) is 0 Å². The zero-order valence-electron chi connectivity index (χ0n) is 7.53. The molecule has 6 nitrogen and oxygen atoms in total. The van der Waals surface area contributed by atoms with Crippen LogP contribution in [-0.2, 0) is 18.4 Å². The van der Waals surface area contributed by atoms with Crippen LogP contribution in [0.15, 0.2) is 18.5 Å². The van der Waals surface area contributed by atoms with Gasteiger partial charge in [-0.2, -0.15) is 0 Å². The van der Waals surface area contributed by atoms with E-state index in [0.717, 1.165) is 9.36 Å². The van der Waals surface area contributed by atoms with Crippen molar-refractivity contribution in [2.75, 3.05) is 0 Å². The topological polar surface area (TPSA) is 81.3 Å². The number of hydrogen-bond acceptors (Lipinski definition) is 3. The third-order valence-electron chi connectivity index (χ3n) is 1.74. The first-order valence-corrected chi connectivity index (χ1v) is 5.31. The van der Waals surface area contributed by atoms with Gasteiger partial charge < -0.3 is 5.11 Å². The van der Waals surface area contributed by atoms with Gasteiger partial charge >= 0.3 is 5.97 Å². The average molecular weight is 342 g/mol. The molecule has 0 saturated carbocycles. The lowest BCUT2D eigenvalue weighted by molar-refractivity contribution is -0.138. The normalized spacial score (nSPS) is 10.3. The summed E-state index contributed by atoms with van der Waals surface area (Å²) in [7, 11) is 1.32. The zero-order chi connectivity index (χ0) is 11.7. The number of halogens is 2. The highest BCUT2D eigenvalue weighted by atomic mass is 79.9. The molecule has 0 aromatic carbocycles. The molecule has 15 heavy (non-hydrogen) atoms. The molecule has 0 saturated heterocycles. The Bertz CT molecular complexity index is 531. The fourth-order valence-electron chi connectivity index (χ4n) is 0.995. The second-order valence-electron chi connectivity index (χ2n) is 2.71. The third kappa shape index (κ3) is 2.20. The summed E-state index contributed by atoms with van der Waals surface area (Å²) in [6, 6.07) is 0. The molecule has 1 aromatic heterocycles. The molecule has 0 bridgehead atoms. The quantitative estimate of drug-likeness (QED) is 0.830. The van der Waals surface area contributed by atoms with Gasteiger partial charge in [-0.3, -0.25) is 14.4 Å². The fourth-order valence-corrected chi connectivity index (χ4v) is 1.80. The summed E-state index contributed by atoms with van der Waals surface area (Å²) in [4.78, 5) is 33.5. The predicted octanol–water partition coefficient (Wildman–Crippen LogP) is 0.157. The number of carboxylic acids is 1. The van der Waals surface area contributed by atoms with Crippen molar-refractivity contribution < 1.29 is 9.90 Å². The average Bonchev–Trinajstić information content (AvgIpc) is 2.18. The second-order valence-corrected chi connectivity index (χ2v) is 4.30. The van der Waals surface area contributed by atoms with E-state index in [2.05, 4.69) is 31.9 Å². The highest BCUT2D eigenvalue weighted by Gasteiger charge is 2.14. The van der Waals surface area contributed by atoms with E-state index in [1.807, 2.05) is 0 Å². The lowest BCUT2D eigenvalue weighted by Crippen LogP contribution is -2.39. The van der Waals surface area contributed by atoms with E-state index in [1.165, 1.54) is 7.05 Å². The molecule has 0 fully saturated rings. The highest BCUT2D eigenvalue weighted by molar-refractivity contribution is 9.13. The van der Waals surface area contributed by atoms with Gasteiger partial charge in [0, 0.05) is 7.05 Å². The molecule has 8 heteroatoms. The lowest BCUT2D eigenvalue weighted by atomic mass is 10.5. The monoisotopic (exact) mass is 340 g/mol. The summed E-state index contributed by atoms with van der Waals surface area (Å²) in [5, 5.41) is 8.56. The van der Waals surface area contributed by atoms with Crippen LogP contribution in [0.25, 0.3) is 0 Å². The fraction of sp³-hybridized carbons (Fsp3) is 0.286. The standard InChI is InChI=1S/C7H6Br2N2O4/c1-10-6(14)4(8)5(9)7(15)11(10)2-3(12)13/h2H2,1H3,(H,12,13). The van der Waals surface area contributed by atoms with Crippen molar-refractivity contribution in [2.45, 2.75) is 6.54 Å². The van der Waals surface area contributed by atoms with Crippen molar-refractivity contribution in [1.82, 2.24) is 9.36 Å². The van der Waals surface area contributed by atoms with Gasteiger partial charge in [-0.05, 0) is 31.9 Å². The smallest absolute Gasteiger partial charge is 0.325 e. The van der Waals surface area contributed by atoms with Crippen LogP contribution in [0.1, 0.15) is 0 Å². The molecule has 0 unspecified atom stereocenters. The van der Waals surface area contributed by atoms with Gasteiger partial charge in [0.05, 0.1) is 0 Å². The largest absolute Gasteiger partial charge is 0.480 e. The maximum absolute atomic E-state index is 11.6. The van der Waals surface area contributed by atoms with E-state index >= 15 is 0 Å². The van der Waals surface area contributed by atoms with Gasteiger partial charge in [-0.25, -0.2) is 9.36 Å². The minimum Gasteiger partial charge on any atom is -0.480 e. The Labute approximate surface area is 100 Å². The molecular formula is C7H6Br2N2O4. The second kappa shape index (κ2) is 4.31. The molecule has 0 aliphatic carbocycles. The summed E-state index contributed by atoms with van der Waals surface area (Å²) in [5.74, 6) is -1.19. The molecule has 82 valence electrons. The number of rotatable bonds is 2. The summed E-state index contributed by atoms with van der Waals surface area (Å²) >= 11 is 5.86. The van der Waals surface area contributed by atoms with Gasteiger partial charge in [0.1, 0.15) is 15.5 Å². The Hall–Kier alpha value is -0.890. The van der Waals surface area contributed by atoms with Crippen molar-refractivity contribution in [3.05, 3.63) is 29.7 Å². The molecular weight excluding hydrogens is 336 g/mol. The molecule has 1 aromatic rings. The molecule has 0 aliphatic rings. The SMILES string of the molecule is Cn1c(=O)c(Br)c(Br)c(=O)n1CC(=O)O. The highest BCUT2D eigenvalue weighted by Crippen LogP contribution is 2.13. The molecule has 0 atom stereocenters. The van der Waals surface area contributed by atoms with Gasteiger partial charge in [0.2, 0.25) is 0 Å². The maximum atomic E-state index is 11.6. The number of carbonyl (C=O) groups is 1. The minimum absolute atomic E-state index is 0.0202. The zero-order valence-corrected chi connectivity index (χ0v) is 10.7. The Morgan fingerprint density at radius 3 is 2.20 bits per heavy atom. The van der Waals surface area contributed by atoms with Crippen LogP contribution in [0.4, 0.5) is 0 Å². The van der Waals surface area contributed by atoms with Gasteiger partial charge in [-0.1, -0.05) is 0 Å². The van der Waals surface area contributed by atoms with E-state index in [9.17, 15) is 14.4 Å². The number of hydrogen-bond donors (Lipinski definition) is 1. The maximum Gasteiger partial charge on any atom is 0.325 e. The minimum atomic E-state index is -1.19. The lowest BCUT2D eigenvalue weighted by Gasteiger charge is -2.10. The summed E-state index contributed by atoms with van der Waals surface area (Å²) in [6.45, 7) is -0.559. The van der Waals surface area contributed by atoms with E-state index in [4.69, 9.17) is 5.11 Å². The Morgan fingerprint density at radius 2 is 1.73 bits per heavy atom. The molecule has 0 aliphatic heterocycles. The molecule has 1 rings (SSSR count). The molecule has 1 N–H and O–H groups in total. The van der Waals surface area contributed by atoms with Crippen LogP contribution in [-0.4, -0.2) is 20.4 Å². The van der Waals surface area contributed by atoms with E-state index < -0.39 is 23.6 Å². The molecule has 0 radical (unpaired) electrons. The summed E-state index contributed by atoms with van der Waals surface area (Å²) in [6.07, 6.45) is 0. The first kappa shape index (κ1) is 12.2. The Morgan fingerprint density at radius 1 is 1.27 bits per heavy atom. The summed E-state index contributed by atoms with van der Waals surface area (Å²) < 4.78 is 1.88. The Balaban J connectivity index is 3.60. The van der Waals surface area contributed by atoms with Gasteiger partial charge in [0.15, 0.2) is 0 Å². The van der Waals surface area contributed by atoms with Crippen molar-refractivity contribution in [2.24, 2.45) is 7.05 Å². The molecule has 0 amide bonds. The van der Waals surface area contributed by atoms with Crippen molar-refractivity contribution in [3.8, 4) is 0 Å². The van der Waals surface area contributed by atoms with Crippen molar-refractivity contribution in [3.63, 3.8) is 0 Å². The van der Waals surface area contributed by atoms with Crippen molar-refractivity contribution in [1.29, 1.82) is 0 Å². The number of carboxylic acid groups (broad SMARTS) is 1. The van der Waals surface area contributed by atoms with Crippen LogP contribution in [0.5, 0.6) is 0 Å². The first-order valence-electron chi connectivity index (χ1n) is 3.73. The number of aromatic nitrogens is 2. The van der Waals surface area contributed by atoms with E-state index in [1.54, 1.807) is 0 Å². The van der Waals surface area contributed by atoms with E-state index in [0.29, 0.717) is 0 Å². The van der Waals surface area contributed by atoms with Crippen LogP contribution < -0.4 is 11.1 Å². The predicted molar refractivity (Wildman–Crippen MR) is 59.0 cm³/mol. The number of aliphatic carboxylic acids is 1. The van der Waals surface area contributed by atoms with Crippen molar-refractivity contribution >= 4 is 37.8 Å². The van der Waals surface area contributed by atoms with Gasteiger partial charge in [-0.15, -0.1) is 0 Å². The third-order valence-corrected chi connectivity index (χ3v) is 3.75. The van der Waals surface area contributed by atoms with Crippen LogP contribution in [0, 0.1) is 0 Å². The molecule has 1 heterocycles. The van der Waals surface area contributed by atoms with Crippen LogP contribution >= 0.6 is 31.9 Å². The first-order chi connectivity index (χ1) is 6.86. The van der Waals surface area contributed by atoms with Gasteiger partial charge in [0.25, 0.3) is 11.1 Å². The van der Waals surface area contributed by atoms with Crippen LogP contribution in [0.3, 0.4) is 0 Å². The summed E-state index contributed by atoms with van der Waals surface area (Å²) in [5.41, 5.74) is -1.06. The Kier molecular flexibility index (Phi) is 3.50. The number of nitrogens with zero attached hydrogens (tertiary/aromatic N) is 2.